The van der Waals surface area contributed by atoms with E-state index in [1.54, 1.807) is 0 Å². The first-order chi connectivity index (χ1) is 4.41. The van der Waals surface area contributed by atoms with Crippen molar-refractivity contribution in [3.63, 3.8) is 0 Å². The number of hydrogen-bond donors (Lipinski definition) is 0. The van der Waals surface area contributed by atoms with Gasteiger partial charge in [-0.2, -0.15) is 0 Å². The molecule has 9 heavy (non-hydrogen) atoms. The SMILES string of the molecule is C#CCOC/C=C\CBr. The van der Waals surface area contributed by atoms with Crippen molar-refractivity contribution in [3.8, 4) is 12.3 Å². The van der Waals surface area contributed by atoms with E-state index in [0.717, 1.165) is 5.33 Å². The van der Waals surface area contributed by atoms with Gasteiger partial charge in [0.25, 0.3) is 0 Å². The number of allylic oxidation sites excluding steroid dienone is 1. The minimum atomic E-state index is 0.395. The van der Waals surface area contributed by atoms with E-state index in [4.69, 9.17) is 11.2 Å². The Morgan fingerprint density at radius 1 is 1.56 bits per heavy atom. The van der Waals surface area contributed by atoms with Gasteiger partial charge in [0.15, 0.2) is 0 Å². The van der Waals surface area contributed by atoms with E-state index >= 15 is 0 Å². The predicted molar refractivity (Wildman–Crippen MR) is 42.6 cm³/mol. The van der Waals surface area contributed by atoms with Gasteiger partial charge in [-0.1, -0.05) is 34.0 Å². The van der Waals surface area contributed by atoms with Gasteiger partial charge >= 0.3 is 0 Å². The minimum absolute atomic E-state index is 0.395. The third-order valence-electron chi connectivity index (χ3n) is 0.655. The van der Waals surface area contributed by atoms with Crippen molar-refractivity contribution in [3.05, 3.63) is 12.2 Å². The molecular weight excluding hydrogens is 180 g/mol. The van der Waals surface area contributed by atoms with Crippen molar-refractivity contribution in [1.29, 1.82) is 0 Å². The zero-order valence-corrected chi connectivity index (χ0v) is 6.73. The normalized spacial score (nSPS) is 9.78. The van der Waals surface area contributed by atoms with Crippen molar-refractivity contribution < 1.29 is 4.74 Å². The summed E-state index contributed by atoms with van der Waals surface area (Å²) in [6.07, 6.45) is 8.83. The minimum Gasteiger partial charge on any atom is -0.365 e. The number of ether oxygens (including phenoxy) is 1. The van der Waals surface area contributed by atoms with E-state index in [2.05, 4.69) is 21.9 Å². The Bertz CT molecular complexity index is 113. The van der Waals surface area contributed by atoms with Gasteiger partial charge in [0.1, 0.15) is 6.61 Å². The second-order valence-electron chi connectivity index (χ2n) is 1.34. The Labute approximate surface area is 64.2 Å². The first kappa shape index (κ1) is 8.74. The molecule has 0 aliphatic carbocycles. The van der Waals surface area contributed by atoms with Crippen LogP contribution in [0.5, 0.6) is 0 Å². The van der Waals surface area contributed by atoms with Crippen LogP contribution in [0.1, 0.15) is 0 Å². The quantitative estimate of drug-likeness (QED) is 0.282. The van der Waals surface area contributed by atoms with E-state index in [9.17, 15) is 0 Å². The molecule has 0 bridgehead atoms. The fourth-order valence-electron chi connectivity index (χ4n) is 0.317. The second-order valence-corrected chi connectivity index (χ2v) is 1.99. The van der Waals surface area contributed by atoms with Gasteiger partial charge in [-0.25, -0.2) is 0 Å². The molecular formula is C7H9BrO. The number of terminal acetylenes is 1. The maximum absolute atomic E-state index is 4.94. The summed E-state index contributed by atoms with van der Waals surface area (Å²) in [5.41, 5.74) is 0. The molecule has 0 aromatic rings. The zero-order chi connectivity index (χ0) is 6.95. The first-order valence-corrected chi connectivity index (χ1v) is 3.76. The predicted octanol–water partition coefficient (Wildman–Crippen LogP) is 1.59. The summed E-state index contributed by atoms with van der Waals surface area (Å²) in [4.78, 5) is 0. The zero-order valence-electron chi connectivity index (χ0n) is 5.14. The Hall–Kier alpha value is -0.260. The largest absolute Gasteiger partial charge is 0.365 e. The summed E-state index contributed by atoms with van der Waals surface area (Å²) < 4.78 is 4.94. The maximum atomic E-state index is 4.94. The van der Waals surface area contributed by atoms with Crippen LogP contribution in [-0.2, 0) is 4.74 Å². The van der Waals surface area contributed by atoms with Gasteiger partial charge in [0.2, 0.25) is 0 Å². The molecule has 0 aromatic heterocycles. The second kappa shape index (κ2) is 7.74. The molecule has 0 saturated carbocycles. The standard InChI is InChI=1S/C7H9BrO/c1-2-6-9-7-4-3-5-8/h1,3-4H,5-7H2/b4-3-. The van der Waals surface area contributed by atoms with Gasteiger partial charge < -0.3 is 4.74 Å². The lowest BCUT2D eigenvalue weighted by Crippen LogP contribution is -1.89. The highest BCUT2D eigenvalue weighted by molar-refractivity contribution is 9.09. The average Bonchev–Trinajstić information content (AvgIpc) is 1.89. The van der Waals surface area contributed by atoms with Crippen LogP contribution < -0.4 is 0 Å². The van der Waals surface area contributed by atoms with Gasteiger partial charge in [-0.3, -0.25) is 0 Å². The first-order valence-electron chi connectivity index (χ1n) is 2.64. The number of hydrogen-bond acceptors (Lipinski definition) is 1. The van der Waals surface area contributed by atoms with Crippen LogP contribution in [-0.4, -0.2) is 18.5 Å². The van der Waals surface area contributed by atoms with E-state index < -0.39 is 0 Å². The lowest BCUT2D eigenvalue weighted by Gasteiger charge is -1.89. The molecule has 0 N–H and O–H groups in total. The highest BCUT2D eigenvalue weighted by Crippen LogP contribution is 1.82. The van der Waals surface area contributed by atoms with E-state index in [0.29, 0.717) is 13.2 Å². The molecule has 2 heteroatoms. The third-order valence-corrected chi connectivity index (χ3v) is 1.03. The van der Waals surface area contributed by atoms with Crippen LogP contribution in [0.3, 0.4) is 0 Å². The molecule has 0 aliphatic heterocycles. The Balaban J connectivity index is 2.92. The monoisotopic (exact) mass is 188 g/mol. The van der Waals surface area contributed by atoms with Crippen LogP contribution in [0, 0.1) is 12.3 Å². The molecule has 0 amide bonds. The molecule has 0 rings (SSSR count). The topological polar surface area (TPSA) is 9.23 Å². The summed E-state index contributed by atoms with van der Waals surface area (Å²) >= 11 is 3.24. The molecule has 0 radical (unpaired) electrons. The smallest absolute Gasteiger partial charge is 0.107 e. The van der Waals surface area contributed by atoms with Crippen LogP contribution in [0.2, 0.25) is 0 Å². The summed E-state index contributed by atoms with van der Waals surface area (Å²) in [5, 5.41) is 0.867. The Kier molecular flexibility index (Phi) is 7.52. The number of alkyl halides is 1. The molecule has 0 atom stereocenters. The van der Waals surface area contributed by atoms with Crippen LogP contribution in [0.25, 0.3) is 0 Å². The molecule has 0 unspecified atom stereocenters. The van der Waals surface area contributed by atoms with E-state index in [1.807, 2.05) is 12.2 Å². The molecule has 0 aliphatic rings. The Morgan fingerprint density at radius 2 is 2.33 bits per heavy atom. The lowest BCUT2D eigenvalue weighted by molar-refractivity contribution is 0.199. The van der Waals surface area contributed by atoms with Crippen LogP contribution in [0.4, 0.5) is 0 Å². The van der Waals surface area contributed by atoms with Crippen LogP contribution >= 0.6 is 15.9 Å². The van der Waals surface area contributed by atoms with Gasteiger partial charge in [0, 0.05) is 5.33 Å². The molecule has 50 valence electrons. The van der Waals surface area contributed by atoms with Gasteiger partial charge in [-0.15, -0.1) is 6.42 Å². The summed E-state index contributed by atoms with van der Waals surface area (Å²) in [5.74, 6) is 2.38. The lowest BCUT2D eigenvalue weighted by atomic mass is 10.5. The molecule has 1 nitrogen and oxygen atoms in total. The highest BCUT2D eigenvalue weighted by Gasteiger charge is 1.74. The summed E-state index contributed by atoms with van der Waals surface area (Å²) in [6.45, 7) is 1.00. The molecule has 0 heterocycles. The van der Waals surface area contributed by atoms with Gasteiger partial charge in [-0.05, 0) is 0 Å². The molecule has 0 aromatic carbocycles. The summed E-state index contributed by atoms with van der Waals surface area (Å²) in [7, 11) is 0. The van der Waals surface area contributed by atoms with Crippen molar-refractivity contribution in [1.82, 2.24) is 0 Å². The van der Waals surface area contributed by atoms with Crippen molar-refractivity contribution in [2.45, 2.75) is 0 Å². The van der Waals surface area contributed by atoms with Gasteiger partial charge in [0.05, 0.1) is 6.61 Å². The van der Waals surface area contributed by atoms with Crippen molar-refractivity contribution in [2.24, 2.45) is 0 Å². The number of rotatable bonds is 4. The maximum Gasteiger partial charge on any atom is 0.107 e. The Morgan fingerprint density at radius 3 is 2.89 bits per heavy atom. The third kappa shape index (κ3) is 7.74. The fourth-order valence-corrected chi connectivity index (χ4v) is 0.581. The average molecular weight is 189 g/mol. The molecule has 0 fully saturated rings. The highest BCUT2D eigenvalue weighted by atomic mass is 79.9. The summed E-state index contributed by atoms with van der Waals surface area (Å²) in [6, 6.07) is 0. The number of halogens is 1. The van der Waals surface area contributed by atoms with Crippen LogP contribution in [0.15, 0.2) is 12.2 Å². The molecule has 0 spiro atoms. The fraction of sp³-hybridized carbons (Fsp3) is 0.429. The van der Waals surface area contributed by atoms with E-state index in [1.165, 1.54) is 0 Å². The van der Waals surface area contributed by atoms with Crippen molar-refractivity contribution in [2.75, 3.05) is 18.5 Å². The van der Waals surface area contributed by atoms with Crippen molar-refractivity contribution >= 4 is 15.9 Å². The van der Waals surface area contributed by atoms with E-state index in [-0.39, 0.29) is 0 Å². The molecule has 0 saturated heterocycles.